The van der Waals surface area contributed by atoms with Gasteiger partial charge in [0, 0.05) is 12.1 Å². The van der Waals surface area contributed by atoms with Crippen LogP contribution in [0.5, 0.6) is 0 Å². The lowest BCUT2D eigenvalue weighted by atomic mass is 9.89. The number of hydrogen-bond donors (Lipinski definition) is 0. The highest BCUT2D eigenvalue weighted by molar-refractivity contribution is 4.91. The highest BCUT2D eigenvalue weighted by Crippen LogP contribution is 2.38. The smallest absolute Gasteiger partial charge is 0.0127 e. The van der Waals surface area contributed by atoms with Crippen LogP contribution in [0.1, 0.15) is 124 Å². The molecule has 4 atom stereocenters. The first kappa shape index (κ1) is 21.3. The molecule has 0 saturated heterocycles. The molecule has 2 rings (SSSR count). The van der Waals surface area contributed by atoms with Crippen molar-refractivity contribution in [3.8, 4) is 0 Å². The van der Waals surface area contributed by atoms with Gasteiger partial charge in [0.15, 0.2) is 0 Å². The summed E-state index contributed by atoms with van der Waals surface area (Å²) in [6, 6.07) is 1.81. The van der Waals surface area contributed by atoms with Crippen molar-refractivity contribution in [2.45, 2.75) is 136 Å². The summed E-state index contributed by atoms with van der Waals surface area (Å²) in [5, 5.41) is 0. The molecular formula is C24H47N. The first-order valence-electron chi connectivity index (χ1n) is 12.0. The van der Waals surface area contributed by atoms with Gasteiger partial charge in [-0.1, -0.05) is 85.0 Å². The van der Waals surface area contributed by atoms with E-state index >= 15 is 0 Å². The first-order valence-corrected chi connectivity index (χ1v) is 12.0. The molecule has 2 aliphatic carbocycles. The molecule has 0 aromatic rings. The fourth-order valence-corrected chi connectivity index (χ4v) is 5.78. The minimum atomic E-state index is 0.889. The third kappa shape index (κ3) is 6.89. The molecule has 0 heterocycles. The van der Waals surface area contributed by atoms with Crippen molar-refractivity contribution in [1.82, 2.24) is 4.90 Å². The normalized spacial score (nSPS) is 30.7. The fraction of sp³-hybridized carbons (Fsp3) is 1.00. The average Bonchev–Trinajstić information content (AvgIpc) is 2.96. The van der Waals surface area contributed by atoms with Crippen molar-refractivity contribution in [1.29, 1.82) is 0 Å². The van der Waals surface area contributed by atoms with Crippen LogP contribution >= 0.6 is 0 Å². The SMILES string of the molecule is CCCCCCCCN(C1CCCCCC1C)C1CCC[C@H]1CCC. The van der Waals surface area contributed by atoms with Gasteiger partial charge in [0.25, 0.3) is 0 Å². The molecule has 25 heavy (non-hydrogen) atoms. The second-order valence-corrected chi connectivity index (χ2v) is 9.24. The van der Waals surface area contributed by atoms with Gasteiger partial charge in [0.05, 0.1) is 0 Å². The van der Waals surface area contributed by atoms with Crippen LogP contribution < -0.4 is 0 Å². The van der Waals surface area contributed by atoms with Crippen LogP contribution in [0.3, 0.4) is 0 Å². The maximum atomic E-state index is 3.07. The summed E-state index contributed by atoms with van der Waals surface area (Å²) < 4.78 is 0. The molecule has 3 unspecified atom stereocenters. The van der Waals surface area contributed by atoms with E-state index in [1.165, 1.54) is 109 Å². The minimum absolute atomic E-state index is 0.889. The molecule has 0 aromatic heterocycles. The largest absolute Gasteiger partial charge is 0.297 e. The number of unbranched alkanes of at least 4 members (excludes halogenated alkanes) is 5. The fourth-order valence-electron chi connectivity index (χ4n) is 5.78. The first-order chi connectivity index (χ1) is 12.3. The molecule has 1 heteroatoms. The molecule has 0 bridgehead atoms. The van der Waals surface area contributed by atoms with E-state index in [1.807, 2.05) is 0 Å². The standard InChI is InChI=1S/C24H47N/c1-4-6-7-8-9-13-20-25(23-18-12-10-11-16-21(23)3)24-19-14-17-22(24)15-5-2/h21-24H,4-20H2,1-3H3/t21?,22-,23?,24?/m1/s1. The van der Waals surface area contributed by atoms with Crippen LogP contribution in [0.4, 0.5) is 0 Å². The summed E-state index contributed by atoms with van der Waals surface area (Å²) in [6.45, 7) is 8.67. The summed E-state index contributed by atoms with van der Waals surface area (Å²) in [5.41, 5.74) is 0. The number of hydrogen-bond acceptors (Lipinski definition) is 1. The Labute approximate surface area is 159 Å². The van der Waals surface area contributed by atoms with Gasteiger partial charge in [-0.05, 0) is 56.9 Å². The highest BCUT2D eigenvalue weighted by atomic mass is 15.2. The van der Waals surface area contributed by atoms with Crippen molar-refractivity contribution in [3.05, 3.63) is 0 Å². The van der Waals surface area contributed by atoms with Gasteiger partial charge < -0.3 is 0 Å². The third-order valence-corrected chi connectivity index (χ3v) is 7.22. The molecule has 0 aliphatic heterocycles. The lowest BCUT2D eigenvalue weighted by Crippen LogP contribution is -2.48. The van der Waals surface area contributed by atoms with Crippen LogP contribution in [0.2, 0.25) is 0 Å². The second-order valence-electron chi connectivity index (χ2n) is 9.24. The topological polar surface area (TPSA) is 3.24 Å². The molecule has 2 saturated carbocycles. The Hall–Kier alpha value is -0.0400. The van der Waals surface area contributed by atoms with Crippen molar-refractivity contribution in [2.75, 3.05) is 6.54 Å². The minimum Gasteiger partial charge on any atom is -0.297 e. The van der Waals surface area contributed by atoms with Crippen LogP contribution in [-0.2, 0) is 0 Å². The Balaban J connectivity index is 1.94. The maximum absolute atomic E-state index is 3.07. The summed E-state index contributed by atoms with van der Waals surface area (Å²) in [4.78, 5) is 3.07. The van der Waals surface area contributed by atoms with Crippen molar-refractivity contribution < 1.29 is 0 Å². The van der Waals surface area contributed by atoms with Gasteiger partial charge in [-0.25, -0.2) is 0 Å². The molecule has 2 fully saturated rings. The monoisotopic (exact) mass is 349 g/mol. The Bertz CT molecular complexity index is 326. The Morgan fingerprint density at radius 2 is 1.40 bits per heavy atom. The van der Waals surface area contributed by atoms with Crippen molar-refractivity contribution in [3.63, 3.8) is 0 Å². The van der Waals surface area contributed by atoms with Gasteiger partial charge in [-0.3, -0.25) is 4.90 Å². The van der Waals surface area contributed by atoms with E-state index in [0.717, 1.165) is 23.9 Å². The molecule has 0 radical (unpaired) electrons. The van der Waals surface area contributed by atoms with E-state index in [-0.39, 0.29) is 0 Å². The molecule has 0 aromatic carbocycles. The predicted octanol–water partition coefficient (Wildman–Crippen LogP) is 7.59. The van der Waals surface area contributed by atoms with Crippen molar-refractivity contribution in [2.24, 2.45) is 11.8 Å². The van der Waals surface area contributed by atoms with Gasteiger partial charge in [-0.15, -0.1) is 0 Å². The molecule has 148 valence electrons. The predicted molar refractivity (Wildman–Crippen MR) is 112 cm³/mol. The highest BCUT2D eigenvalue weighted by Gasteiger charge is 2.36. The zero-order valence-electron chi connectivity index (χ0n) is 17.8. The molecule has 0 N–H and O–H groups in total. The lowest BCUT2D eigenvalue weighted by molar-refractivity contribution is 0.0649. The van der Waals surface area contributed by atoms with E-state index in [0.29, 0.717) is 0 Å². The van der Waals surface area contributed by atoms with Crippen LogP contribution in [-0.4, -0.2) is 23.5 Å². The average molecular weight is 350 g/mol. The Morgan fingerprint density at radius 3 is 2.20 bits per heavy atom. The van der Waals surface area contributed by atoms with Gasteiger partial charge in [0.1, 0.15) is 0 Å². The number of nitrogens with zero attached hydrogens (tertiary/aromatic N) is 1. The van der Waals surface area contributed by atoms with Crippen LogP contribution in [0, 0.1) is 11.8 Å². The van der Waals surface area contributed by atoms with Gasteiger partial charge in [0.2, 0.25) is 0 Å². The molecule has 0 amide bonds. The molecule has 0 spiro atoms. The lowest BCUT2D eigenvalue weighted by Gasteiger charge is -2.42. The van der Waals surface area contributed by atoms with Crippen LogP contribution in [0.25, 0.3) is 0 Å². The van der Waals surface area contributed by atoms with E-state index in [1.54, 1.807) is 0 Å². The summed E-state index contributed by atoms with van der Waals surface area (Å²) in [6.07, 6.45) is 23.4. The van der Waals surface area contributed by atoms with Crippen molar-refractivity contribution >= 4 is 0 Å². The van der Waals surface area contributed by atoms with Gasteiger partial charge in [-0.2, -0.15) is 0 Å². The summed E-state index contributed by atoms with van der Waals surface area (Å²) in [5.74, 6) is 1.92. The molecule has 2 aliphatic rings. The summed E-state index contributed by atoms with van der Waals surface area (Å²) >= 11 is 0. The van der Waals surface area contributed by atoms with E-state index < -0.39 is 0 Å². The quantitative estimate of drug-likeness (QED) is 0.274. The Morgan fingerprint density at radius 1 is 0.680 bits per heavy atom. The third-order valence-electron chi connectivity index (χ3n) is 7.22. The van der Waals surface area contributed by atoms with E-state index in [2.05, 4.69) is 25.7 Å². The van der Waals surface area contributed by atoms with E-state index in [4.69, 9.17) is 0 Å². The van der Waals surface area contributed by atoms with Crippen LogP contribution in [0.15, 0.2) is 0 Å². The maximum Gasteiger partial charge on any atom is 0.0127 e. The van der Waals surface area contributed by atoms with Gasteiger partial charge >= 0.3 is 0 Å². The molecular weight excluding hydrogens is 302 g/mol. The molecule has 1 nitrogen and oxygen atoms in total. The Kier molecular flexibility index (Phi) is 10.5. The van der Waals surface area contributed by atoms with E-state index in [9.17, 15) is 0 Å². The summed E-state index contributed by atoms with van der Waals surface area (Å²) in [7, 11) is 0. The number of rotatable bonds is 11. The zero-order chi connectivity index (χ0) is 17.9. The zero-order valence-corrected chi connectivity index (χ0v) is 17.8. The second kappa shape index (κ2) is 12.4.